The molecule has 1 aromatic heterocycles. The van der Waals surface area contributed by atoms with Gasteiger partial charge in [-0.05, 0) is 31.5 Å². The van der Waals surface area contributed by atoms with Gasteiger partial charge in [-0.2, -0.15) is 0 Å². The van der Waals surface area contributed by atoms with Crippen LogP contribution in [0.5, 0.6) is 0 Å². The van der Waals surface area contributed by atoms with Crippen molar-refractivity contribution in [3.05, 3.63) is 47.3 Å². The minimum Gasteiger partial charge on any atom is -0.389 e. The molecule has 1 aromatic carbocycles. The quantitative estimate of drug-likeness (QED) is 0.907. The minimum atomic E-state index is -0.720. The fourth-order valence-corrected chi connectivity index (χ4v) is 2.04. The van der Waals surface area contributed by atoms with Gasteiger partial charge in [-0.15, -0.1) is 0 Å². The third-order valence-corrected chi connectivity index (χ3v) is 3.05. The molecule has 2 rings (SSSR count). The van der Waals surface area contributed by atoms with Crippen molar-refractivity contribution in [2.75, 3.05) is 0 Å². The predicted molar refractivity (Wildman–Crippen MR) is 68.3 cm³/mol. The molecule has 2 aromatic rings. The van der Waals surface area contributed by atoms with Crippen LogP contribution < -0.4 is 0 Å². The number of halogens is 1. The van der Waals surface area contributed by atoms with E-state index in [2.05, 4.69) is 4.98 Å². The number of nitrogens with zero attached hydrogens (tertiary/aromatic N) is 2. The van der Waals surface area contributed by atoms with E-state index in [9.17, 15) is 9.50 Å². The van der Waals surface area contributed by atoms with E-state index in [4.69, 9.17) is 0 Å². The van der Waals surface area contributed by atoms with Gasteiger partial charge < -0.3 is 9.67 Å². The Kier molecular flexibility index (Phi) is 3.48. The van der Waals surface area contributed by atoms with E-state index in [0.717, 1.165) is 17.9 Å². The maximum absolute atomic E-state index is 13.6. The number of hydrogen-bond acceptors (Lipinski definition) is 2. The average Bonchev–Trinajstić information content (AvgIpc) is 2.79. The van der Waals surface area contributed by atoms with Crippen LogP contribution in [0.1, 0.15) is 36.9 Å². The first-order valence-electron chi connectivity index (χ1n) is 6.05. The first-order chi connectivity index (χ1) is 8.54. The van der Waals surface area contributed by atoms with E-state index in [-0.39, 0.29) is 5.82 Å². The van der Waals surface area contributed by atoms with E-state index in [0.29, 0.717) is 11.1 Å². The topological polar surface area (TPSA) is 38.0 Å². The lowest BCUT2D eigenvalue weighted by molar-refractivity contribution is 0.198. The lowest BCUT2D eigenvalue weighted by Gasteiger charge is -2.16. The van der Waals surface area contributed by atoms with Crippen LogP contribution in [0.3, 0.4) is 0 Å². The Bertz CT molecular complexity index is 561. The summed E-state index contributed by atoms with van der Waals surface area (Å²) >= 11 is 0. The SMILES string of the molecule is CCc1nccn1-c1cc(C)c(F)cc1C(C)O. The van der Waals surface area contributed by atoms with Crippen LogP contribution in [0.2, 0.25) is 0 Å². The Labute approximate surface area is 106 Å². The number of hydrogen-bond donors (Lipinski definition) is 1. The van der Waals surface area contributed by atoms with Gasteiger partial charge in [0.1, 0.15) is 11.6 Å². The van der Waals surface area contributed by atoms with Crippen LogP contribution in [0.25, 0.3) is 5.69 Å². The molecule has 0 fully saturated rings. The summed E-state index contributed by atoms with van der Waals surface area (Å²) in [5.41, 5.74) is 1.93. The summed E-state index contributed by atoms with van der Waals surface area (Å²) in [6.07, 6.45) is 3.60. The minimum absolute atomic E-state index is 0.298. The molecular formula is C14H17FN2O. The highest BCUT2D eigenvalue weighted by molar-refractivity contribution is 5.46. The highest BCUT2D eigenvalue weighted by Gasteiger charge is 2.14. The van der Waals surface area contributed by atoms with E-state index in [1.807, 2.05) is 17.7 Å². The Balaban J connectivity index is 2.66. The second kappa shape index (κ2) is 4.90. The summed E-state index contributed by atoms with van der Waals surface area (Å²) in [7, 11) is 0. The van der Waals surface area contributed by atoms with Crippen molar-refractivity contribution in [2.45, 2.75) is 33.3 Å². The highest BCUT2D eigenvalue weighted by Crippen LogP contribution is 2.26. The number of rotatable bonds is 3. The van der Waals surface area contributed by atoms with Gasteiger partial charge in [0.25, 0.3) is 0 Å². The third-order valence-electron chi connectivity index (χ3n) is 3.05. The Morgan fingerprint density at radius 3 is 2.78 bits per heavy atom. The number of aryl methyl sites for hydroxylation is 2. The molecule has 0 aliphatic carbocycles. The van der Waals surface area contributed by atoms with Gasteiger partial charge >= 0.3 is 0 Å². The molecule has 0 amide bonds. The van der Waals surface area contributed by atoms with Gasteiger partial charge in [-0.1, -0.05) is 6.92 Å². The van der Waals surface area contributed by atoms with Crippen LogP contribution in [0.4, 0.5) is 4.39 Å². The van der Waals surface area contributed by atoms with Gasteiger partial charge in [-0.3, -0.25) is 0 Å². The number of benzene rings is 1. The first kappa shape index (κ1) is 12.8. The lowest BCUT2D eigenvalue weighted by Crippen LogP contribution is -2.07. The third kappa shape index (κ3) is 2.16. The van der Waals surface area contributed by atoms with Crippen molar-refractivity contribution < 1.29 is 9.50 Å². The molecule has 0 aliphatic heterocycles. The molecule has 18 heavy (non-hydrogen) atoms. The van der Waals surface area contributed by atoms with E-state index < -0.39 is 6.10 Å². The second-order valence-corrected chi connectivity index (χ2v) is 4.40. The van der Waals surface area contributed by atoms with Crippen LogP contribution in [0, 0.1) is 12.7 Å². The zero-order valence-corrected chi connectivity index (χ0v) is 10.8. The molecule has 3 nitrogen and oxygen atoms in total. The zero-order chi connectivity index (χ0) is 13.3. The molecule has 96 valence electrons. The summed E-state index contributed by atoms with van der Waals surface area (Å²) in [6.45, 7) is 5.36. The van der Waals surface area contributed by atoms with E-state index in [1.54, 1.807) is 26.1 Å². The van der Waals surface area contributed by atoms with Gasteiger partial charge in [0.2, 0.25) is 0 Å². The average molecular weight is 248 g/mol. The molecule has 4 heteroatoms. The largest absolute Gasteiger partial charge is 0.389 e. The van der Waals surface area contributed by atoms with E-state index >= 15 is 0 Å². The lowest BCUT2D eigenvalue weighted by atomic mass is 10.0. The maximum atomic E-state index is 13.6. The molecule has 1 unspecified atom stereocenters. The van der Waals surface area contributed by atoms with Gasteiger partial charge in [0, 0.05) is 24.4 Å². The van der Waals surface area contributed by atoms with E-state index in [1.165, 1.54) is 6.07 Å². The van der Waals surface area contributed by atoms with Crippen LogP contribution >= 0.6 is 0 Å². The molecule has 0 saturated carbocycles. The Morgan fingerprint density at radius 1 is 1.44 bits per heavy atom. The molecule has 0 bridgehead atoms. The Hall–Kier alpha value is -1.68. The summed E-state index contributed by atoms with van der Waals surface area (Å²) in [6, 6.07) is 3.15. The van der Waals surface area contributed by atoms with Gasteiger partial charge in [0.15, 0.2) is 0 Å². The van der Waals surface area contributed by atoms with Crippen LogP contribution in [-0.2, 0) is 6.42 Å². The predicted octanol–water partition coefficient (Wildman–Crippen LogP) is 2.94. The Morgan fingerprint density at radius 2 is 2.17 bits per heavy atom. The van der Waals surface area contributed by atoms with Crippen LogP contribution in [-0.4, -0.2) is 14.7 Å². The first-order valence-corrected chi connectivity index (χ1v) is 6.05. The monoisotopic (exact) mass is 248 g/mol. The molecule has 1 N–H and O–H groups in total. The standard InChI is InChI=1S/C14H17FN2O/c1-4-14-16-5-6-17(14)13-7-9(2)12(15)8-11(13)10(3)18/h5-8,10,18H,4H2,1-3H3. The van der Waals surface area contributed by atoms with Gasteiger partial charge in [0.05, 0.1) is 11.8 Å². The number of aliphatic hydroxyl groups is 1. The fourth-order valence-electron chi connectivity index (χ4n) is 2.04. The van der Waals surface area contributed by atoms with Crippen molar-refractivity contribution >= 4 is 0 Å². The smallest absolute Gasteiger partial charge is 0.126 e. The zero-order valence-electron chi connectivity index (χ0n) is 10.8. The van der Waals surface area contributed by atoms with Crippen molar-refractivity contribution in [2.24, 2.45) is 0 Å². The molecule has 0 saturated heterocycles. The molecule has 1 heterocycles. The second-order valence-electron chi connectivity index (χ2n) is 4.40. The van der Waals surface area contributed by atoms with Crippen molar-refractivity contribution in [3.8, 4) is 5.69 Å². The number of imidazole rings is 1. The van der Waals surface area contributed by atoms with Crippen molar-refractivity contribution in [1.29, 1.82) is 0 Å². The van der Waals surface area contributed by atoms with Crippen molar-refractivity contribution in [3.63, 3.8) is 0 Å². The summed E-state index contributed by atoms with van der Waals surface area (Å²) in [5, 5.41) is 9.78. The molecule has 0 radical (unpaired) electrons. The summed E-state index contributed by atoms with van der Waals surface area (Å²) < 4.78 is 15.5. The molecule has 0 spiro atoms. The molecule has 1 atom stereocenters. The summed E-state index contributed by atoms with van der Waals surface area (Å²) in [4.78, 5) is 4.25. The normalized spacial score (nSPS) is 12.7. The van der Waals surface area contributed by atoms with Crippen molar-refractivity contribution in [1.82, 2.24) is 9.55 Å². The molecular weight excluding hydrogens is 231 g/mol. The number of aliphatic hydroxyl groups excluding tert-OH is 1. The van der Waals surface area contributed by atoms with Crippen LogP contribution in [0.15, 0.2) is 24.5 Å². The maximum Gasteiger partial charge on any atom is 0.126 e. The summed E-state index contributed by atoms with van der Waals surface area (Å²) in [5.74, 6) is 0.593. The molecule has 0 aliphatic rings. The van der Waals surface area contributed by atoms with Gasteiger partial charge in [-0.25, -0.2) is 9.37 Å². The highest BCUT2D eigenvalue weighted by atomic mass is 19.1. The number of aromatic nitrogens is 2. The fraction of sp³-hybridized carbons (Fsp3) is 0.357.